The summed E-state index contributed by atoms with van der Waals surface area (Å²) in [6, 6.07) is 0. The minimum absolute atomic E-state index is 0.00639. The first-order chi connectivity index (χ1) is 5.63. The fourth-order valence-corrected chi connectivity index (χ4v) is 1.06. The predicted molar refractivity (Wildman–Crippen MR) is 43.6 cm³/mol. The molecule has 1 aliphatic rings. The smallest absolute Gasteiger partial charge is 0.237 e. The standard InChI is InChI=1S/C9H8O3/c1-3-5-7(10)6(4-2)9(12)8(5)11/h3-4,10H,1H2,2H3. The molecule has 12 heavy (non-hydrogen) atoms. The lowest BCUT2D eigenvalue weighted by molar-refractivity contribution is -0.131. The van der Waals surface area contributed by atoms with Gasteiger partial charge in [0.1, 0.15) is 5.76 Å². The molecule has 0 atom stereocenters. The van der Waals surface area contributed by atoms with Crippen LogP contribution in [0.2, 0.25) is 0 Å². The summed E-state index contributed by atoms with van der Waals surface area (Å²) in [6.07, 6.45) is 2.60. The number of aliphatic hydroxyl groups is 1. The summed E-state index contributed by atoms with van der Waals surface area (Å²) in [5, 5.41) is 9.29. The zero-order chi connectivity index (χ0) is 9.30. The summed E-state index contributed by atoms with van der Waals surface area (Å²) in [7, 11) is 0. The van der Waals surface area contributed by atoms with Gasteiger partial charge in [0.05, 0.1) is 11.1 Å². The van der Waals surface area contributed by atoms with Crippen LogP contribution in [-0.4, -0.2) is 16.7 Å². The van der Waals surface area contributed by atoms with E-state index in [2.05, 4.69) is 6.58 Å². The van der Waals surface area contributed by atoms with Crippen LogP contribution in [0, 0.1) is 0 Å². The molecule has 0 fully saturated rings. The average molecular weight is 164 g/mol. The number of carbonyl (C=O) groups excluding carboxylic acids is 2. The third-order valence-corrected chi connectivity index (χ3v) is 1.70. The molecule has 0 spiro atoms. The van der Waals surface area contributed by atoms with Crippen molar-refractivity contribution in [2.45, 2.75) is 6.92 Å². The summed E-state index contributed by atoms with van der Waals surface area (Å²) in [6.45, 7) is 4.91. The van der Waals surface area contributed by atoms with Crippen LogP contribution in [0.3, 0.4) is 0 Å². The first-order valence-electron chi connectivity index (χ1n) is 3.44. The van der Waals surface area contributed by atoms with Crippen molar-refractivity contribution < 1.29 is 14.7 Å². The number of allylic oxidation sites excluding steroid dienone is 4. The number of carbonyl (C=O) groups is 2. The lowest BCUT2D eigenvalue weighted by Gasteiger charge is -1.91. The average Bonchev–Trinajstić information content (AvgIpc) is 2.25. The van der Waals surface area contributed by atoms with Crippen molar-refractivity contribution >= 4 is 11.6 Å². The maximum atomic E-state index is 11.0. The second kappa shape index (κ2) is 2.77. The molecule has 0 unspecified atom stereocenters. The van der Waals surface area contributed by atoms with Gasteiger partial charge in [-0.3, -0.25) is 9.59 Å². The summed E-state index contributed by atoms with van der Waals surface area (Å²) in [4.78, 5) is 22.1. The maximum absolute atomic E-state index is 11.0. The highest BCUT2D eigenvalue weighted by atomic mass is 16.3. The van der Waals surface area contributed by atoms with Crippen molar-refractivity contribution in [1.29, 1.82) is 0 Å². The van der Waals surface area contributed by atoms with E-state index >= 15 is 0 Å². The third kappa shape index (κ3) is 0.906. The van der Waals surface area contributed by atoms with E-state index in [1.165, 1.54) is 12.2 Å². The molecule has 0 bridgehead atoms. The quantitative estimate of drug-likeness (QED) is 0.466. The molecule has 0 amide bonds. The Morgan fingerprint density at radius 1 is 1.33 bits per heavy atom. The topological polar surface area (TPSA) is 54.4 Å². The molecule has 0 aromatic rings. The molecule has 0 aliphatic heterocycles. The molecule has 3 nitrogen and oxygen atoms in total. The molecule has 0 aromatic carbocycles. The second-order valence-electron chi connectivity index (χ2n) is 2.33. The Hall–Kier alpha value is -1.64. The molecular weight excluding hydrogens is 156 g/mol. The number of hydrogen-bond donors (Lipinski definition) is 1. The van der Waals surface area contributed by atoms with E-state index in [9.17, 15) is 14.7 Å². The highest BCUT2D eigenvalue weighted by Gasteiger charge is 2.33. The first kappa shape index (κ1) is 8.46. The van der Waals surface area contributed by atoms with Gasteiger partial charge in [0.25, 0.3) is 0 Å². The molecule has 1 aliphatic carbocycles. The van der Waals surface area contributed by atoms with Crippen molar-refractivity contribution in [1.82, 2.24) is 0 Å². The lowest BCUT2D eigenvalue weighted by Crippen LogP contribution is -2.08. The normalized spacial score (nSPS) is 20.9. The van der Waals surface area contributed by atoms with Crippen molar-refractivity contribution in [2.24, 2.45) is 0 Å². The molecule has 1 N–H and O–H groups in total. The monoisotopic (exact) mass is 164 g/mol. The van der Waals surface area contributed by atoms with Gasteiger partial charge < -0.3 is 5.11 Å². The molecule has 0 radical (unpaired) electrons. The van der Waals surface area contributed by atoms with Crippen molar-refractivity contribution in [3.63, 3.8) is 0 Å². The second-order valence-corrected chi connectivity index (χ2v) is 2.33. The van der Waals surface area contributed by atoms with Crippen LogP contribution in [0.4, 0.5) is 0 Å². The van der Waals surface area contributed by atoms with Crippen LogP contribution in [0.5, 0.6) is 0 Å². The van der Waals surface area contributed by atoms with Gasteiger partial charge in [-0.05, 0) is 6.92 Å². The van der Waals surface area contributed by atoms with Crippen LogP contribution in [0.1, 0.15) is 6.92 Å². The number of rotatable bonds is 1. The fraction of sp³-hybridized carbons (Fsp3) is 0.111. The van der Waals surface area contributed by atoms with Gasteiger partial charge in [-0.15, -0.1) is 0 Å². The van der Waals surface area contributed by atoms with Crippen molar-refractivity contribution in [3.8, 4) is 0 Å². The third-order valence-electron chi connectivity index (χ3n) is 1.70. The van der Waals surface area contributed by atoms with Crippen LogP contribution < -0.4 is 0 Å². The number of hydrogen-bond acceptors (Lipinski definition) is 3. The Kier molecular flexibility index (Phi) is 1.95. The summed E-state index contributed by atoms with van der Waals surface area (Å²) in [5.74, 6) is -1.61. The Labute approximate surface area is 69.7 Å². The maximum Gasteiger partial charge on any atom is 0.237 e. The van der Waals surface area contributed by atoms with Gasteiger partial charge >= 0.3 is 0 Å². The van der Waals surface area contributed by atoms with E-state index in [-0.39, 0.29) is 16.9 Å². The summed E-state index contributed by atoms with van der Waals surface area (Å²) >= 11 is 0. The van der Waals surface area contributed by atoms with Crippen molar-refractivity contribution in [2.75, 3.05) is 0 Å². The van der Waals surface area contributed by atoms with Gasteiger partial charge in [-0.1, -0.05) is 18.7 Å². The van der Waals surface area contributed by atoms with Crippen molar-refractivity contribution in [3.05, 3.63) is 35.6 Å². The molecule has 0 saturated carbocycles. The number of aliphatic hydroxyl groups excluding tert-OH is 1. The molecule has 0 heterocycles. The van der Waals surface area contributed by atoms with Gasteiger partial charge in [0.2, 0.25) is 11.6 Å². The van der Waals surface area contributed by atoms with Gasteiger partial charge in [0.15, 0.2) is 0 Å². The Bertz CT molecular complexity index is 332. The highest BCUT2D eigenvalue weighted by molar-refractivity contribution is 6.53. The summed E-state index contributed by atoms with van der Waals surface area (Å²) < 4.78 is 0. The number of Topliss-reactive ketones (excluding diaryl/α,β-unsaturated/α-hetero) is 2. The minimum Gasteiger partial charge on any atom is -0.506 e. The van der Waals surface area contributed by atoms with E-state index in [1.807, 2.05) is 0 Å². The molecule has 0 saturated heterocycles. The predicted octanol–water partition coefficient (Wildman–Crippen LogP) is 1.08. The van der Waals surface area contributed by atoms with Crippen LogP contribution >= 0.6 is 0 Å². The first-order valence-corrected chi connectivity index (χ1v) is 3.44. The molecule has 62 valence electrons. The fourth-order valence-electron chi connectivity index (χ4n) is 1.06. The van der Waals surface area contributed by atoms with E-state index in [0.29, 0.717) is 0 Å². The van der Waals surface area contributed by atoms with E-state index < -0.39 is 11.6 Å². The Morgan fingerprint density at radius 2 is 1.92 bits per heavy atom. The van der Waals surface area contributed by atoms with Crippen LogP contribution in [0.15, 0.2) is 35.6 Å². The molecule has 3 heteroatoms. The molecular formula is C9H8O3. The largest absolute Gasteiger partial charge is 0.506 e. The van der Waals surface area contributed by atoms with Crippen LogP contribution in [-0.2, 0) is 9.59 Å². The Morgan fingerprint density at radius 3 is 2.17 bits per heavy atom. The minimum atomic E-state index is -0.685. The number of ketones is 2. The Balaban J connectivity index is 3.33. The van der Waals surface area contributed by atoms with E-state index in [1.54, 1.807) is 6.92 Å². The van der Waals surface area contributed by atoms with Crippen LogP contribution in [0.25, 0.3) is 0 Å². The van der Waals surface area contributed by atoms with Gasteiger partial charge in [-0.2, -0.15) is 0 Å². The summed E-state index contributed by atoms with van der Waals surface area (Å²) in [5.41, 5.74) is 0.0583. The highest BCUT2D eigenvalue weighted by Crippen LogP contribution is 2.23. The zero-order valence-electron chi connectivity index (χ0n) is 6.63. The molecule has 1 rings (SSSR count). The van der Waals surface area contributed by atoms with Gasteiger partial charge in [0, 0.05) is 0 Å². The van der Waals surface area contributed by atoms with E-state index in [0.717, 1.165) is 0 Å². The van der Waals surface area contributed by atoms with Gasteiger partial charge in [-0.25, -0.2) is 0 Å². The zero-order valence-corrected chi connectivity index (χ0v) is 6.63. The lowest BCUT2D eigenvalue weighted by atomic mass is 10.2. The SMILES string of the molecule is C=CC1=C(O)C(=CC)C(=O)C1=O. The molecule has 0 aromatic heterocycles. The van der Waals surface area contributed by atoms with E-state index in [4.69, 9.17) is 0 Å².